The van der Waals surface area contributed by atoms with Gasteiger partial charge in [-0.3, -0.25) is 4.79 Å². The van der Waals surface area contributed by atoms with E-state index >= 15 is 0 Å². The van der Waals surface area contributed by atoms with Gasteiger partial charge in [0.25, 0.3) is 5.91 Å². The molecule has 8 heteroatoms. The van der Waals surface area contributed by atoms with Crippen molar-refractivity contribution in [3.8, 4) is 5.69 Å². The fourth-order valence-electron chi connectivity index (χ4n) is 3.79. The van der Waals surface area contributed by atoms with Crippen molar-refractivity contribution in [3.05, 3.63) is 41.5 Å². The zero-order valence-corrected chi connectivity index (χ0v) is 17.4. The molecule has 0 saturated carbocycles. The minimum Gasteiger partial charge on any atom is -0.382 e. The monoisotopic (exact) mass is 403 g/mol. The SMILES string of the molecule is CCOCCCN1CCC(NC(=O)c2nnn(-c3ccc(F)cc3)c2C)C(C)C1. The Labute approximate surface area is 171 Å². The summed E-state index contributed by atoms with van der Waals surface area (Å²) in [6, 6.07) is 6.06. The number of halogens is 1. The average Bonchev–Trinajstić information content (AvgIpc) is 3.09. The molecule has 1 aromatic heterocycles. The van der Waals surface area contributed by atoms with Crippen LogP contribution in [0.15, 0.2) is 24.3 Å². The van der Waals surface area contributed by atoms with Crippen molar-refractivity contribution in [2.24, 2.45) is 5.92 Å². The lowest BCUT2D eigenvalue weighted by Gasteiger charge is -2.37. The summed E-state index contributed by atoms with van der Waals surface area (Å²) in [5.74, 6) is -0.174. The molecule has 2 unspecified atom stereocenters. The minimum absolute atomic E-state index is 0.112. The second kappa shape index (κ2) is 9.93. The fraction of sp³-hybridized carbons (Fsp3) is 0.571. The lowest BCUT2D eigenvalue weighted by Crippen LogP contribution is -2.50. The van der Waals surface area contributed by atoms with Crippen LogP contribution in [0.4, 0.5) is 4.39 Å². The van der Waals surface area contributed by atoms with Gasteiger partial charge < -0.3 is 15.0 Å². The number of hydrogen-bond donors (Lipinski definition) is 1. The summed E-state index contributed by atoms with van der Waals surface area (Å²) in [7, 11) is 0. The molecule has 1 aliphatic rings. The molecule has 2 atom stereocenters. The number of likely N-dealkylation sites (tertiary alicyclic amines) is 1. The molecule has 29 heavy (non-hydrogen) atoms. The highest BCUT2D eigenvalue weighted by Gasteiger charge is 2.28. The number of hydrogen-bond acceptors (Lipinski definition) is 5. The Kier molecular flexibility index (Phi) is 7.33. The molecule has 1 fully saturated rings. The summed E-state index contributed by atoms with van der Waals surface area (Å²) in [6.45, 7) is 10.5. The minimum atomic E-state index is -0.317. The fourth-order valence-corrected chi connectivity index (χ4v) is 3.79. The molecule has 3 rings (SSSR count). The van der Waals surface area contributed by atoms with Crippen molar-refractivity contribution >= 4 is 5.91 Å². The maximum atomic E-state index is 13.1. The normalized spacial score (nSPS) is 20.0. The van der Waals surface area contributed by atoms with E-state index in [1.54, 1.807) is 23.7 Å². The van der Waals surface area contributed by atoms with E-state index in [1.807, 2.05) is 6.92 Å². The predicted octanol–water partition coefficient (Wildman–Crippen LogP) is 2.58. The summed E-state index contributed by atoms with van der Waals surface area (Å²) in [4.78, 5) is 15.2. The van der Waals surface area contributed by atoms with Crippen LogP contribution >= 0.6 is 0 Å². The van der Waals surface area contributed by atoms with Crippen LogP contribution in [-0.2, 0) is 4.74 Å². The van der Waals surface area contributed by atoms with E-state index in [-0.39, 0.29) is 17.8 Å². The van der Waals surface area contributed by atoms with Crippen molar-refractivity contribution < 1.29 is 13.9 Å². The number of carbonyl (C=O) groups is 1. The van der Waals surface area contributed by atoms with Gasteiger partial charge in [-0.05, 0) is 56.9 Å². The summed E-state index contributed by atoms with van der Waals surface area (Å²) in [5.41, 5.74) is 1.61. The topological polar surface area (TPSA) is 72.3 Å². The highest BCUT2D eigenvalue weighted by Crippen LogP contribution is 2.19. The molecule has 2 heterocycles. The first-order chi connectivity index (χ1) is 14.0. The third-order valence-corrected chi connectivity index (χ3v) is 5.45. The standard InChI is InChI=1S/C21H30FN5O2/c1-4-29-13-5-11-26-12-10-19(15(2)14-26)23-21(28)20-16(3)27(25-24-20)18-8-6-17(22)7-9-18/h6-9,15,19H,4-5,10-14H2,1-3H3,(H,23,28). The largest absolute Gasteiger partial charge is 0.382 e. The van der Waals surface area contributed by atoms with Gasteiger partial charge in [0.1, 0.15) is 5.82 Å². The Bertz CT molecular complexity index is 808. The van der Waals surface area contributed by atoms with Gasteiger partial charge in [-0.2, -0.15) is 0 Å². The van der Waals surface area contributed by atoms with Crippen molar-refractivity contribution in [2.45, 2.75) is 39.7 Å². The lowest BCUT2D eigenvalue weighted by atomic mass is 9.93. The van der Waals surface area contributed by atoms with Crippen LogP contribution in [0.5, 0.6) is 0 Å². The Hall–Kier alpha value is -2.32. The van der Waals surface area contributed by atoms with Crippen LogP contribution in [-0.4, -0.2) is 64.7 Å². The maximum Gasteiger partial charge on any atom is 0.273 e. The van der Waals surface area contributed by atoms with Gasteiger partial charge in [0.15, 0.2) is 5.69 Å². The van der Waals surface area contributed by atoms with E-state index in [2.05, 4.69) is 27.5 Å². The third kappa shape index (κ3) is 5.39. The molecule has 0 radical (unpaired) electrons. The van der Waals surface area contributed by atoms with E-state index in [0.717, 1.165) is 45.7 Å². The van der Waals surface area contributed by atoms with Crippen LogP contribution in [0.1, 0.15) is 42.9 Å². The van der Waals surface area contributed by atoms with Gasteiger partial charge in [-0.25, -0.2) is 9.07 Å². The van der Waals surface area contributed by atoms with Gasteiger partial charge in [0.05, 0.1) is 11.4 Å². The number of nitrogens with one attached hydrogen (secondary N) is 1. The first-order valence-corrected chi connectivity index (χ1v) is 10.3. The van der Waals surface area contributed by atoms with E-state index < -0.39 is 0 Å². The molecule has 1 aliphatic heterocycles. The van der Waals surface area contributed by atoms with Gasteiger partial charge in [0, 0.05) is 38.9 Å². The van der Waals surface area contributed by atoms with E-state index in [1.165, 1.54) is 12.1 Å². The zero-order chi connectivity index (χ0) is 20.8. The van der Waals surface area contributed by atoms with Crippen molar-refractivity contribution in [2.75, 3.05) is 32.8 Å². The lowest BCUT2D eigenvalue weighted by molar-refractivity contribution is 0.0838. The van der Waals surface area contributed by atoms with Gasteiger partial charge >= 0.3 is 0 Å². The number of benzene rings is 1. The summed E-state index contributed by atoms with van der Waals surface area (Å²) in [6.07, 6.45) is 1.94. The second-order valence-corrected chi connectivity index (χ2v) is 7.61. The first-order valence-electron chi connectivity index (χ1n) is 10.3. The molecular formula is C21H30FN5O2. The molecule has 1 N–H and O–H groups in total. The van der Waals surface area contributed by atoms with Gasteiger partial charge in [0.2, 0.25) is 0 Å². The summed E-state index contributed by atoms with van der Waals surface area (Å²) in [5, 5.41) is 11.3. The quantitative estimate of drug-likeness (QED) is 0.686. The third-order valence-electron chi connectivity index (χ3n) is 5.45. The van der Waals surface area contributed by atoms with Crippen LogP contribution in [0.2, 0.25) is 0 Å². The second-order valence-electron chi connectivity index (χ2n) is 7.61. The molecule has 2 aromatic rings. The number of piperidine rings is 1. The van der Waals surface area contributed by atoms with Crippen molar-refractivity contribution in [3.63, 3.8) is 0 Å². The number of nitrogens with zero attached hydrogens (tertiary/aromatic N) is 4. The molecule has 1 amide bonds. The maximum absolute atomic E-state index is 13.1. The van der Waals surface area contributed by atoms with Crippen molar-refractivity contribution in [1.29, 1.82) is 0 Å². The number of ether oxygens (including phenoxy) is 1. The van der Waals surface area contributed by atoms with Gasteiger partial charge in [-0.1, -0.05) is 12.1 Å². The summed E-state index contributed by atoms with van der Waals surface area (Å²) >= 11 is 0. The molecule has 0 bridgehead atoms. The van der Waals surface area contributed by atoms with Crippen LogP contribution < -0.4 is 5.32 Å². The van der Waals surface area contributed by atoms with E-state index in [0.29, 0.717) is 23.0 Å². The molecule has 0 aliphatic carbocycles. The average molecular weight is 404 g/mol. The Morgan fingerprint density at radius 3 is 2.79 bits per heavy atom. The number of rotatable bonds is 8. The Balaban J connectivity index is 1.56. The molecule has 1 aromatic carbocycles. The van der Waals surface area contributed by atoms with Crippen molar-refractivity contribution in [1.82, 2.24) is 25.2 Å². The molecule has 158 valence electrons. The number of aromatic nitrogens is 3. The van der Waals surface area contributed by atoms with E-state index in [9.17, 15) is 9.18 Å². The van der Waals surface area contributed by atoms with Gasteiger partial charge in [-0.15, -0.1) is 5.10 Å². The Morgan fingerprint density at radius 2 is 2.10 bits per heavy atom. The van der Waals surface area contributed by atoms with Crippen LogP contribution in [0.3, 0.4) is 0 Å². The first kappa shape index (κ1) is 21.4. The summed E-state index contributed by atoms with van der Waals surface area (Å²) < 4.78 is 20.1. The zero-order valence-electron chi connectivity index (χ0n) is 17.4. The smallest absolute Gasteiger partial charge is 0.273 e. The number of amides is 1. The molecule has 0 spiro atoms. The highest BCUT2D eigenvalue weighted by molar-refractivity contribution is 5.93. The number of carbonyl (C=O) groups excluding carboxylic acids is 1. The molecular weight excluding hydrogens is 373 g/mol. The highest BCUT2D eigenvalue weighted by atomic mass is 19.1. The van der Waals surface area contributed by atoms with Crippen LogP contribution in [0, 0.1) is 18.7 Å². The predicted molar refractivity (Wildman–Crippen MR) is 109 cm³/mol. The molecule has 7 nitrogen and oxygen atoms in total. The van der Waals surface area contributed by atoms with Crippen LogP contribution in [0.25, 0.3) is 5.69 Å². The van der Waals surface area contributed by atoms with E-state index in [4.69, 9.17) is 4.74 Å². The Morgan fingerprint density at radius 1 is 1.34 bits per heavy atom. The molecule has 1 saturated heterocycles.